The van der Waals surface area contributed by atoms with Crippen molar-refractivity contribution in [1.82, 2.24) is 0 Å². The summed E-state index contributed by atoms with van der Waals surface area (Å²) in [5.74, 6) is 0.395. The fourth-order valence-electron chi connectivity index (χ4n) is 1.50. The average Bonchev–Trinajstić information content (AvgIpc) is 2.27. The SMILES string of the molecule is C=CCCC(C)Nc1cc(F)ccc1OC. The number of ether oxygens (including phenoxy) is 1. The van der Waals surface area contributed by atoms with Gasteiger partial charge in [-0.2, -0.15) is 0 Å². The molecule has 0 spiro atoms. The zero-order valence-corrected chi connectivity index (χ0v) is 9.79. The molecular formula is C13H18FNO. The number of hydrogen-bond donors (Lipinski definition) is 1. The number of nitrogens with one attached hydrogen (secondary N) is 1. The van der Waals surface area contributed by atoms with Crippen molar-refractivity contribution < 1.29 is 9.13 Å². The van der Waals surface area contributed by atoms with Crippen LogP contribution in [0.5, 0.6) is 5.75 Å². The van der Waals surface area contributed by atoms with Gasteiger partial charge in [-0.3, -0.25) is 0 Å². The molecule has 0 saturated carbocycles. The van der Waals surface area contributed by atoms with Crippen LogP contribution in [0.4, 0.5) is 10.1 Å². The van der Waals surface area contributed by atoms with Crippen LogP contribution in [-0.4, -0.2) is 13.2 Å². The minimum absolute atomic E-state index is 0.258. The summed E-state index contributed by atoms with van der Waals surface area (Å²) in [6.45, 7) is 5.72. The number of rotatable bonds is 6. The number of allylic oxidation sites excluding steroid dienone is 1. The number of halogens is 1. The fraction of sp³-hybridized carbons (Fsp3) is 0.385. The van der Waals surface area contributed by atoms with Crippen LogP contribution >= 0.6 is 0 Å². The predicted molar refractivity (Wildman–Crippen MR) is 65.5 cm³/mol. The van der Waals surface area contributed by atoms with Crippen molar-refractivity contribution in [2.24, 2.45) is 0 Å². The van der Waals surface area contributed by atoms with E-state index in [1.807, 2.05) is 13.0 Å². The maximum absolute atomic E-state index is 13.1. The lowest BCUT2D eigenvalue weighted by Crippen LogP contribution is -2.15. The third-order valence-electron chi connectivity index (χ3n) is 2.37. The molecule has 0 amide bonds. The summed E-state index contributed by atoms with van der Waals surface area (Å²) in [5.41, 5.74) is 0.694. The van der Waals surface area contributed by atoms with Gasteiger partial charge in [-0.25, -0.2) is 4.39 Å². The number of benzene rings is 1. The minimum Gasteiger partial charge on any atom is -0.495 e. The lowest BCUT2D eigenvalue weighted by molar-refractivity contribution is 0.415. The van der Waals surface area contributed by atoms with Crippen LogP contribution in [0, 0.1) is 5.82 Å². The molecular weight excluding hydrogens is 205 g/mol. The van der Waals surface area contributed by atoms with Crippen molar-refractivity contribution in [3.8, 4) is 5.75 Å². The third kappa shape index (κ3) is 3.57. The van der Waals surface area contributed by atoms with Crippen LogP contribution in [0.3, 0.4) is 0 Å². The number of methoxy groups -OCH3 is 1. The fourth-order valence-corrected chi connectivity index (χ4v) is 1.50. The van der Waals surface area contributed by atoms with Crippen LogP contribution in [0.15, 0.2) is 30.9 Å². The van der Waals surface area contributed by atoms with Crippen LogP contribution in [-0.2, 0) is 0 Å². The smallest absolute Gasteiger partial charge is 0.142 e. The Hall–Kier alpha value is -1.51. The largest absolute Gasteiger partial charge is 0.495 e. The van der Waals surface area contributed by atoms with E-state index >= 15 is 0 Å². The zero-order chi connectivity index (χ0) is 12.0. The molecule has 0 aliphatic rings. The Morgan fingerprint density at radius 1 is 1.56 bits per heavy atom. The Morgan fingerprint density at radius 2 is 2.31 bits per heavy atom. The van der Waals surface area contributed by atoms with Crippen LogP contribution in [0.2, 0.25) is 0 Å². The molecule has 1 aromatic carbocycles. The molecule has 0 heterocycles. The van der Waals surface area contributed by atoms with Gasteiger partial charge in [0.1, 0.15) is 11.6 Å². The molecule has 0 bridgehead atoms. The highest BCUT2D eigenvalue weighted by Crippen LogP contribution is 2.26. The molecule has 0 aromatic heterocycles. The molecule has 0 saturated heterocycles. The van der Waals surface area contributed by atoms with Crippen molar-refractivity contribution in [2.75, 3.05) is 12.4 Å². The Kier molecular flexibility index (Phi) is 4.83. The quantitative estimate of drug-likeness (QED) is 0.744. The van der Waals surface area contributed by atoms with E-state index in [4.69, 9.17) is 4.74 Å². The molecule has 16 heavy (non-hydrogen) atoms. The molecule has 0 radical (unpaired) electrons. The average molecular weight is 223 g/mol. The molecule has 1 aromatic rings. The van der Waals surface area contributed by atoms with Gasteiger partial charge in [-0.1, -0.05) is 6.08 Å². The molecule has 3 heteroatoms. The Bertz CT molecular complexity index is 352. The first-order valence-corrected chi connectivity index (χ1v) is 5.38. The van der Waals surface area contributed by atoms with E-state index in [0.717, 1.165) is 12.8 Å². The topological polar surface area (TPSA) is 21.3 Å². The number of hydrogen-bond acceptors (Lipinski definition) is 2. The Morgan fingerprint density at radius 3 is 2.94 bits per heavy atom. The van der Waals surface area contributed by atoms with Gasteiger partial charge in [0.15, 0.2) is 0 Å². The van der Waals surface area contributed by atoms with Gasteiger partial charge < -0.3 is 10.1 Å². The molecule has 1 rings (SSSR count). The van der Waals surface area contributed by atoms with Crippen LogP contribution in [0.25, 0.3) is 0 Å². The normalized spacial score (nSPS) is 11.9. The van der Waals surface area contributed by atoms with Gasteiger partial charge in [0, 0.05) is 12.1 Å². The molecule has 0 fully saturated rings. The summed E-state index contributed by atoms with van der Waals surface area (Å²) in [6, 6.07) is 4.72. The molecule has 2 nitrogen and oxygen atoms in total. The minimum atomic E-state index is -0.265. The lowest BCUT2D eigenvalue weighted by atomic mass is 10.1. The van der Waals surface area contributed by atoms with Crippen molar-refractivity contribution in [3.63, 3.8) is 0 Å². The second-order valence-corrected chi connectivity index (χ2v) is 3.76. The van der Waals surface area contributed by atoms with Gasteiger partial charge in [0.2, 0.25) is 0 Å². The second kappa shape index (κ2) is 6.16. The molecule has 0 aliphatic carbocycles. The van der Waals surface area contributed by atoms with E-state index in [-0.39, 0.29) is 11.9 Å². The van der Waals surface area contributed by atoms with Crippen molar-refractivity contribution in [1.29, 1.82) is 0 Å². The number of anilines is 1. The molecule has 0 aliphatic heterocycles. The summed E-state index contributed by atoms with van der Waals surface area (Å²) in [7, 11) is 1.58. The zero-order valence-electron chi connectivity index (χ0n) is 9.79. The molecule has 1 atom stereocenters. The third-order valence-corrected chi connectivity index (χ3v) is 2.37. The highest BCUT2D eigenvalue weighted by molar-refractivity contribution is 5.56. The van der Waals surface area contributed by atoms with Crippen molar-refractivity contribution in [3.05, 3.63) is 36.7 Å². The van der Waals surface area contributed by atoms with Gasteiger partial charge in [-0.05, 0) is 31.9 Å². The highest BCUT2D eigenvalue weighted by Gasteiger charge is 2.07. The van der Waals surface area contributed by atoms with E-state index in [1.54, 1.807) is 13.2 Å². The van der Waals surface area contributed by atoms with E-state index < -0.39 is 0 Å². The summed E-state index contributed by atoms with van der Waals surface area (Å²) in [4.78, 5) is 0. The standard InChI is InChI=1S/C13H18FNO/c1-4-5-6-10(2)15-12-9-11(14)7-8-13(12)16-3/h4,7-10,15H,1,5-6H2,2-3H3. The predicted octanol–water partition coefficient (Wildman–Crippen LogP) is 3.60. The summed E-state index contributed by atoms with van der Waals surface area (Å²) in [6.07, 6.45) is 3.77. The summed E-state index contributed by atoms with van der Waals surface area (Å²) in [5, 5.41) is 3.22. The maximum atomic E-state index is 13.1. The van der Waals surface area contributed by atoms with E-state index in [1.165, 1.54) is 12.1 Å². The van der Waals surface area contributed by atoms with Gasteiger partial charge in [0.05, 0.1) is 12.8 Å². The van der Waals surface area contributed by atoms with Gasteiger partial charge in [0.25, 0.3) is 0 Å². The second-order valence-electron chi connectivity index (χ2n) is 3.76. The van der Waals surface area contributed by atoms with E-state index in [9.17, 15) is 4.39 Å². The van der Waals surface area contributed by atoms with Crippen LogP contribution < -0.4 is 10.1 Å². The van der Waals surface area contributed by atoms with E-state index in [0.29, 0.717) is 11.4 Å². The van der Waals surface area contributed by atoms with Gasteiger partial charge in [-0.15, -0.1) is 6.58 Å². The Balaban J connectivity index is 2.70. The molecule has 1 N–H and O–H groups in total. The first-order chi connectivity index (χ1) is 7.67. The summed E-state index contributed by atoms with van der Waals surface area (Å²) < 4.78 is 18.2. The Labute approximate surface area is 96.1 Å². The van der Waals surface area contributed by atoms with Crippen molar-refractivity contribution in [2.45, 2.75) is 25.8 Å². The molecule has 1 unspecified atom stereocenters. The lowest BCUT2D eigenvalue weighted by Gasteiger charge is -2.16. The van der Waals surface area contributed by atoms with Crippen LogP contribution in [0.1, 0.15) is 19.8 Å². The monoisotopic (exact) mass is 223 g/mol. The van der Waals surface area contributed by atoms with Crippen molar-refractivity contribution >= 4 is 5.69 Å². The van der Waals surface area contributed by atoms with Gasteiger partial charge >= 0.3 is 0 Å². The summed E-state index contributed by atoms with van der Waals surface area (Å²) >= 11 is 0. The first-order valence-electron chi connectivity index (χ1n) is 5.38. The highest BCUT2D eigenvalue weighted by atomic mass is 19.1. The molecule has 88 valence electrons. The first kappa shape index (κ1) is 12.6. The maximum Gasteiger partial charge on any atom is 0.142 e. The van der Waals surface area contributed by atoms with E-state index in [2.05, 4.69) is 11.9 Å².